The van der Waals surface area contributed by atoms with Crippen LogP contribution in [0.15, 0.2) is 24.3 Å². The number of aromatic nitrogens is 3. The van der Waals surface area contributed by atoms with E-state index in [0.29, 0.717) is 24.2 Å². The van der Waals surface area contributed by atoms with Crippen molar-refractivity contribution in [3.63, 3.8) is 0 Å². The van der Waals surface area contributed by atoms with Crippen LogP contribution in [0.25, 0.3) is 5.69 Å². The number of carbonyl (C=O) groups excluding carboxylic acids is 1. The molecule has 2 rings (SSSR count). The summed E-state index contributed by atoms with van der Waals surface area (Å²) in [6.07, 6.45) is 1.79. The number of carboxylic acid groups (broad SMARTS) is 1. The molecule has 26 heavy (non-hydrogen) atoms. The fourth-order valence-corrected chi connectivity index (χ4v) is 2.41. The SMILES string of the molecule is CCCCC(NC(=O)c1nnn(-c2cccc([N+](=O)[O-])c2)c1C)C(=O)O. The predicted molar refractivity (Wildman–Crippen MR) is 91.2 cm³/mol. The van der Waals surface area contributed by atoms with Crippen molar-refractivity contribution in [3.8, 4) is 5.69 Å². The van der Waals surface area contributed by atoms with Crippen molar-refractivity contribution < 1.29 is 19.6 Å². The molecule has 0 aliphatic carbocycles. The van der Waals surface area contributed by atoms with Gasteiger partial charge in [0.15, 0.2) is 5.69 Å². The molecule has 2 aromatic rings. The number of benzene rings is 1. The highest BCUT2D eigenvalue weighted by Gasteiger charge is 2.24. The number of carboxylic acids is 1. The summed E-state index contributed by atoms with van der Waals surface area (Å²) < 4.78 is 1.30. The number of amides is 1. The van der Waals surface area contributed by atoms with E-state index in [4.69, 9.17) is 0 Å². The van der Waals surface area contributed by atoms with Crippen molar-refractivity contribution in [1.29, 1.82) is 0 Å². The highest BCUT2D eigenvalue weighted by molar-refractivity contribution is 5.95. The van der Waals surface area contributed by atoms with E-state index in [2.05, 4.69) is 15.6 Å². The Bertz CT molecular complexity index is 832. The van der Waals surface area contributed by atoms with Gasteiger partial charge >= 0.3 is 5.97 Å². The topological polar surface area (TPSA) is 140 Å². The van der Waals surface area contributed by atoms with E-state index in [1.165, 1.54) is 22.9 Å². The lowest BCUT2D eigenvalue weighted by atomic mass is 10.1. The number of aliphatic carboxylic acids is 1. The molecule has 0 saturated heterocycles. The number of nitrogens with one attached hydrogen (secondary N) is 1. The second-order valence-corrected chi connectivity index (χ2v) is 5.72. The normalized spacial score (nSPS) is 11.8. The molecule has 0 saturated carbocycles. The van der Waals surface area contributed by atoms with E-state index >= 15 is 0 Å². The molecule has 1 aromatic carbocycles. The number of hydrogen-bond donors (Lipinski definition) is 2. The van der Waals surface area contributed by atoms with Crippen LogP contribution in [-0.2, 0) is 4.79 Å². The number of nitro groups is 1. The zero-order valence-electron chi connectivity index (χ0n) is 14.4. The summed E-state index contributed by atoms with van der Waals surface area (Å²) >= 11 is 0. The van der Waals surface area contributed by atoms with Crippen LogP contribution in [0.4, 0.5) is 5.69 Å². The minimum absolute atomic E-state index is 0.0285. The van der Waals surface area contributed by atoms with Gasteiger partial charge in [0.05, 0.1) is 16.3 Å². The Hall–Kier alpha value is -3.30. The first-order valence-corrected chi connectivity index (χ1v) is 8.06. The lowest BCUT2D eigenvalue weighted by molar-refractivity contribution is -0.384. The minimum Gasteiger partial charge on any atom is -0.480 e. The second-order valence-electron chi connectivity index (χ2n) is 5.72. The molecule has 0 bridgehead atoms. The third kappa shape index (κ3) is 4.21. The molecule has 0 aliphatic heterocycles. The molecular formula is C16H19N5O5. The molecule has 2 N–H and O–H groups in total. The van der Waals surface area contributed by atoms with E-state index in [9.17, 15) is 24.8 Å². The van der Waals surface area contributed by atoms with Crippen molar-refractivity contribution in [3.05, 3.63) is 45.8 Å². The van der Waals surface area contributed by atoms with E-state index in [1.54, 1.807) is 13.0 Å². The maximum Gasteiger partial charge on any atom is 0.326 e. The molecule has 138 valence electrons. The third-order valence-corrected chi connectivity index (χ3v) is 3.84. The predicted octanol–water partition coefficient (Wildman–Crippen LogP) is 1.86. The second kappa shape index (κ2) is 8.19. The lowest BCUT2D eigenvalue weighted by Crippen LogP contribution is -2.41. The molecule has 1 aromatic heterocycles. The quantitative estimate of drug-likeness (QED) is 0.540. The maximum absolute atomic E-state index is 12.4. The van der Waals surface area contributed by atoms with Gasteiger partial charge in [0, 0.05) is 12.1 Å². The van der Waals surface area contributed by atoms with Crippen LogP contribution in [-0.4, -0.2) is 42.9 Å². The van der Waals surface area contributed by atoms with Crippen molar-refractivity contribution in [2.75, 3.05) is 0 Å². The van der Waals surface area contributed by atoms with Gasteiger partial charge in [-0.15, -0.1) is 5.10 Å². The van der Waals surface area contributed by atoms with E-state index in [1.807, 2.05) is 6.92 Å². The number of rotatable bonds is 8. The number of carbonyl (C=O) groups is 2. The average Bonchev–Trinajstić information content (AvgIpc) is 2.99. The van der Waals surface area contributed by atoms with Crippen LogP contribution in [0, 0.1) is 17.0 Å². The number of non-ortho nitro benzene ring substituents is 1. The standard InChI is InChI=1S/C16H19N5O5/c1-3-4-8-13(16(23)24)17-15(22)14-10(2)20(19-18-14)11-6-5-7-12(9-11)21(25)26/h5-7,9,13H,3-4,8H2,1-2H3,(H,17,22)(H,23,24). The van der Waals surface area contributed by atoms with Crippen LogP contribution in [0.3, 0.4) is 0 Å². The lowest BCUT2D eigenvalue weighted by Gasteiger charge is -2.13. The summed E-state index contributed by atoms with van der Waals surface area (Å²) in [5.41, 5.74) is 0.583. The van der Waals surface area contributed by atoms with Crippen LogP contribution in [0.2, 0.25) is 0 Å². The average molecular weight is 361 g/mol. The molecule has 0 aliphatic rings. The number of nitro benzene ring substituents is 1. The molecule has 10 heteroatoms. The molecule has 1 unspecified atom stereocenters. The first kappa shape index (κ1) is 19.0. The summed E-state index contributed by atoms with van der Waals surface area (Å²) in [5, 5.41) is 30.2. The van der Waals surface area contributed by atoms with Gasteiger partial charge in [0.2, 0.25) is 0 Å². The molecule has 10 nitrogen and oxygen atoms in total. The first-order chi connectivity index (χ1) is 12.3. The Morgan fingerprint density at radius 2 is 2.15 bits per heavy atom. The zero-order chi connectivity index (χ0) is 19.3. The Labute approximate surface area is 149 Å². The van der Waals surface area contributed by atoms with Crippen LogP contribution in [0.1, 0.15) is 42.4 Å². The van der Waals surface area contributed by atoms with E-state index in [-0.39, 0.29) is 11.4 Å². The summed E-state index contributed by atoms with van der Waals surface area (Å²) in [7, 11) is 0. The summed E-state index contributed by atoms with van der Waals surface area (Å²) in [6.45, 7) is 3.51. The Kier molecular flexibility index (Phi) is 5.99. The Morgan fingerprint density at radius 1 is 1.42 bits per heavy atom. The van der Waals surface area contributed by atoms with Crippen LogP contribution >= 0.6 is 0 Å². The van der Waals surface area contributed by atoms with Gasteiger partial charge in [0.25, 0.3) is 11.6 Å². The van der Waals surface area contributed by atoms with Crippen molar-refractivity contribution in [1.82, 2.24) is 20.3 Å². The van der Waals surface area contributed by atoms with E-state index < -0.39 is 22.8 Å². The van der Waals surface area contributed by atoms with Gasteiger partial charge in [0.1, 0.15) is 6.04 Å². The summed E-state index contributed by atoms with van der Waals surface area (Å²) in [6, 6.07) is 4.74. The smallest absolute Gasteiger partial charge is 0.326 e. The minimum atomic E-state index is -1.12. The van der Waals surface area contributed by atoms with Crippen molar-refractivity contribution in [2.45, 2.75) is 39.2 Å². The molecule has 1 heterocycles. The van der Waals surface area contributed by atoms with Crippen LogP contribution < -0.4 is 5.32 Å². The highest BCUT2D eigenvalue weighted by atomic mass is 16.6. The van der Waals surface area contributed by atoms with Crippen molar-refractivity contribution in [2.24, 2.45) is 0 Å². The number of nitrogens with zero attached hydrogens (tertiary/aromatic N) is 4. The van der Waals surface area contributed by atoms with E-state index in [0.717, 1.165) is 6.42 Å². The van der Waals surface area contributed by atoms with Gasteiger partial charge in [-0.1, -0.05) is 31.0 Å². The van der Waals surface area contributed by atoms with Gasteiger partial charge in [-0.2, -0.15) is 0 Å². The zero-order valence-corrected chi connectivity index (χ0v) is 14.4. The number of unbranched alkanes of at least 4 members (excludes halogenated alkanes) is 1. The molecule has 0 fully saturated rings. The Morgan fingerprint density at radius 3 is 2.77 bits per heavy atom. The summed E-state index contributed by atoms with van der Waals surface area (Å²) in [4.78, 5) is 34.0. The van der Waals surface area contributed by atoms with Crippen LogP contribution in [0.5, 0.6) is 0 Å². The molecular weight excluding hydrogens is 342 g/mol. The third-order valence-electron chi connectivity index (χ3n) is 3.84. The fourth-order valence-electron chi connectivity index (χ4n) is 2.41. The molecule has 0 radical (unpaired) electrons. The van der Waals surface area contributed by atoms with Gasteiger partial charge in [-0.3, -0.25) is 14.9 Å². The number of hydrogen-bond acceptors (Lipinski definition) is 6. The first-order valence-electron chi connectivity index (χ1n) is 8.06. The fraction of sp³-hybridized carbons (Fsp3) is 0.375. The highest BCUT2D eigenvalue weighted by Crippen LogP contribution is 2.18. The molecule has 1 amide bonds. The molecule has 1 atom stereocenters. The largest absolute Gasteiger partial charge is 0.480 e. The summed E-state index contributed by atoms with van der Waals surface area (Å²) in [5.74, 6) is -1.77. The van der Waals surface area contributed by atoms with Gasteiger partial charge < -0.3 is 10.4 Å². The monoisotopic (exact) mass is 361 g/mol. The van der Waals surface area contributed by atoms with Crippen molar-refractivity contribution >= 4 is 17.6 Å². The molecule has 0 spiro atoms. The van der Waals surface area contributed by atoms with Gasteiger partial charge in [-0.25, -0.2) is 9.48 Å². The van der Waals surface area contributed by atoms with Gasteiger partial charge in [-0.05, 0) is 19.4 Å². The Balaban J connectivity index is 2.25. The maximum atomic E-state index is 12.4.